The molecule has 1 heterocycles. The summed E-state index contributed by atoms with van der Waals surface area (Å²) < 4.78 is 0. The van der Waals surface area contributed by atoms with E-state index in [1.807, 2.05) is 36.4 Å². The molecule has 5 radical (unpaired) electrons. The molecule has 29 heavy (non-hydrogen) atoms. The summed E-state index contributed by atoms with van der Waals surface area (Å²) in [6.45, 7) is 0. The molecule has 2 heteroatoms. The molecular weight excluding hydrogens is 372 g/mol. The number of hydrogen-bond donors (Lipinski definition) is 0. The normalized spacial score (nSPS) is 23.0. The third kappa shape index (κ3) is 3.51. The quantitative estimate of drug-likeness (QED) is 0.498. The maximum Gasteiger partial charge on any atom is 0.171 e. The van der Waals surface area contributed by atoms with Crippen LogP contribution in [0.1, 0.15) is 34.9 Å². The van der Waals surface area contributed by atoms with Crippen LogP contribution in [0.15, 0.2) is 83.1 Å². The van der Waals surface area contributed by atoms with Crippen LogP contribution >= 0.6 is 11.3 Å². The number of carbonyl (C=O) groups is 1. The van der Waals surface area contributed by atoms with Crippen LogP contribution in [-0.2, 0) is 4.79 Å². The number of thiophene rings is 1. The highest BCUT2D eigenvalue weighted by Crippen LogP contribution is 2.51. The summed E-state index contributed by atoms with van der Waals surface area (Å²) in [5.74, 6) is 1.36. The third-order valence-electron chi connectivity index (χ3n) is 5.86. The highest BCUT2D eigenvalue weighted by molar-refractivity contribution is 7.08. The molecule has 0 amide bonds. The summed E-state index contributed by atoms with van der Waals surface area (Å²) in [7, 11) is 0. The van der Waals surface area contributed by atoms with Crippen LogP contribution in [-0.4, -0.2) is 5.78 Å². The molecule has 0 spiro atoms. The van der Waals surface area contributed by atoms with E-state index in [1.54, 1.807) is 11.3 Å². The Balaban J connectivity index is 1.69. The number of ketones is 1. The van der Waals surface area contributed by atoms with Gasteiger partial charge in [0, 0.05) is 17.4 Å². The maximum atomic E-state index is 14.1. The van der Waals surface area contributed by atoms with Gasteiger partial charge >= 0.3 is 0 Å². The average Bonchev–Trinajstić information content (AvgIpc) is 3.49. The molecule has 0 aliphatic heterocycles. The van der Waals surface area contributed by atoms with Crippen molar-refractivity contribution in [2.45, 2.75) is 18.3 Å². The van der Waals surface area contributed by atoms with Crippen LogP contribution in [0.2, 0.25) is 0 Å². The number of allylic oxidation sites excluding steroid dienone is 2. The lowest BCUT2D eigenvalue weighted by Crippen LogP contribution is -2.29. The Morgan fingerprint density at radius 3 is 2.14 bits per heavy atom. The number of carbonyl (C=O) groups excluding carboxylic acids is 1. The van der Waals surface area contributed by atoms with Crippen LogP contribution in [0.25, 0.3) is 5.57 Å². The summed E-state index contributed by atoms with van der Waals surface area (Å²) in [4.78, 5) is 14.1. The van der Waals surface area contributed by atoms with Crippen LogP contribution in [0.4, 0.5) is 0 Å². The van der Waals surface area contributed by atoms with Crippen molar-refractivity contribution in [1.82, 2.24) is 0 Å². The predicted octanol–water partition coefficient (Wildman–Crippen LogP) is 6.45. The van der Waals surface area contributed by atoms with Crippen molar-refractivity contribution in [2.24, 2.45) is 0 Å². The van der Waals surface area contributed by atoms with Crippen molar-refractivity contribution < 1.29 is 4.79 Å². The molecule has 2 unspecified atom stereocenters. The summed E-state index contributed by atoms with van der Waals surface area (Å²) in [5.41, 5.74) is 5.40. The van der Waals surface area contributed by atoms with E-state index >= 15 is 0 Å². The van der Waals surface area contributed by atoms with E-state index in [4.69, 9.17) is 0 Å². The van der Waals surface area contributed by atoms with Gasteiger partial charge in [-0.15, -0.1) is 0 Å². The second kappa shape index (κ2) is 8.12. The minimum atomic E-state index is -0.167. The van der Waals surface area contributed by atoms with Crippen molar-refractivity contribution in [3.63, 3.8) is 0 Å². The number of hydrogen-bond acceptors (Lipinski definition) is 2. The van der Waals surface area contributed by atoms with Gasteiger partial charge in [0.2, 0.25) is 0 Å². The van der Waals surface area contributed by atoms with Crippen molar-refractivity contribution in [3.8, 4) is 0 Å². The van der Waals surface area contributed by atoms with Crippen molar-refractivity contribution >= 4 is 22.7 Å². The third-order valence-corrected chi connectivity index (χ3v) is 6.56. The molecule has 1 aromatic heterocycles. The van der Waals surface area contributed by atoms with E-state index < -0.39 is 0 Å². The van der Waals surface area contributed by atoms with Gasteiger partial charge in [-0.2, -0.15) is 11.3 Å². The Kier molecular flexibility index (Phi) is 5.20. The maximum absolute atomic E-state index is 14.1. The Morgan fingerprint density at radius 1 is 0.793 bits per heavy atom. The molecule has 1 nitrogen and oxygen atoms in total. The number of rotatable bonds is 4. The van der Waals surface area contributed by atoms with E-state index in [1.165, 1.54) is 5.56 Å². The second-order valence-corrected chi connectivity index (χ2v) is 8.29. The fourth-order valence-corrected chi connectivity index (χ4v) is 5.25. The molecule has 1 fully saturated rings. The topological polar surface area (TPSA) is 17.1 Å². The highest BCUT2D eigenvalue weighted by Gasteiger charge is 2.41. The lowest BCUT2D eigenvalue weighted by atomic mass is 9.66. The number of Topliss-reactive ketones (excluding diaryl/α,β-unsaturated/α-hetero) is 1. The summed E-state index contributed by atoms with van der Waals surface area (Å²) in [5, 5.41) is 4.31. The molecule has 2 aliphatic rings. The highest BCUT2D eigenvalue weighted by atomic mass is 32.1. The lowest BCUT2D eigenvalue weighted by molar-refractivity contribution is -0.116. The van der Waals surface area contributed by atoms with Crippen LogP contribution in [0.3, 0.4) is 0 Å². The Bertz CT molecular complexity index is 995. The van der Waals surface area contributed by atoms with Crippen molar-refractivity contribution in [1.29, 1.82) is 0 Å². The van der Waals surface area contributed by atoms with Gasteiger partial charge in [-0.1, -0.05) is 66.2 Å². The minimum absolute atomic E-state index is 0.147. The summed E-state index contributed by atoms with van der Waals surface area (Å²) in [6, 6.07) is 22.6. The van der Waals surface area contributed by atoms with E-state index in [0.29, 0.717) is 0 Å². The van der Waals surface area contributed by atoms with E-state index in [2.05, 4.69) is 66.8 Å². The van der Waals surface area contributed by atoms with Gasteiger partial charge in [-0.25, -0.2) is 0 Å². The fraction of sp³-hybridized carbons (Fsp3) is 0.111. The molecule has 3 aromatic rings. The molecule has 0 bridgehead atoms. The molecule has 141 valence electrons. The van der Waals surface area contributed by atoms with Crippen LogP contribution in [0, 0.1) is 31.6 Å². The first-order valence-corrected chi connectivity index (χ1v) is 10.9. The zero-order valence-electron chi connectivity index (χ0n) is 16.0. The van der Waals surface area contributed by atoms with Crippen molar-refractivity contribution in [2.75, 3.05) is 0 Å². The zero-order chi connectivity index (χ0) is 19.6. The van der Waals surface area contributed by atoms with Gasteiger partial charge in [-0.3, -0.25) is 4.79 Å². The Hall–Kier alpha value is -2.45. The summed E-state index contributed by atoms with van der Waals surface area (Å²) >= 11 is 1.70. The lowest BCUT2D eigenvalue weighted by Gasteiger charge is -2.36. The largest absolute Gasteiger partial charge is 0.293 e. The van der Waals surface area contributed by atoms with Crippen molar-refractivity contribution in [3.05, 3.63) is 131 Å². The molecule has 2 aliphatic carbocycles. The van der Waals surface area contributed by atoms with Gasteiger partial charge in [0.15, 0.2) is 5.78 Å². The standard InChI is InChI=1S/C27H21OS/c28-27-25(20-11-3-1-4-12-20)23(19-9-7-8-10-19)17-24(22-15-16-29-18-22)26(27)21-13-5-2-6-14-21/h1-16,18,24,26H,17H2. The molecule has 5 rings (SSSR count). The molecule has 2 aromatic carbocycles. The first kappa shape index (κ1) is 18.6. The molecular formula is C27H21OS. The minimum Gasteiger partial charge on any atom is -0.293 e. The van der Waals surface area contributed by atoms with E-state index in [-0.39, 0.29) is 17.6 Å². The first-order chi connectivity index (χ1) is 14.3. The predicted molar refractivity (Wildman–Crippen MR) is 120 cm³/mol. The smallest absolute Gasteiger partial charge is 0.171 e. The Labute approximate surface area is 177 Å². The van der Waals surface area contributed by atoms with E-state index in [9.17, 15) is 4.79 Å². The van der Waals surface area contributed by atoms with Gasteiger partial charge < -0.3 is 0 Å². The molecule has 0 N–H and O–H groups in total. The molecule has 1 saturated carbocycles. The second-order valence-electron chi connectivity index (χ2n) is 7.51. The first-order valence-electron chi connectivity index (χ1n) is 9.95. The van der Waals surface area contributed by atoms with Gasteiger partial charge in [0.25, 0.3) is 0 Å². The molecule has 2 atom stereocenters. The van der Waals surface area contributed by atoms with Gasteiger partial charge in [-0.05, 0) is 65.6 Å². The van der Waals surface area contributed by atoms with Crippen LogP contribution in [0.5, 0.6) is 0 Å². The number of benzene rings is 2. The monoisotopic (exact) mass is 393 g/mol. The van der Waals surface area contributed by atoms with Crippen LogP contribution < -0.4 is 0 Å². The fourth-order valence-electron chi connectivity index (χ4n) is 4.53. The van der Waals surface area contributed by atoms with Gasteiger partial charge in [0.05, 0.1) is 5.92 Å². The SMILES string of the molecule is O=C1C(c2ccccc2)=C([C]2[CH][CH][CH][CH]2)CC(c2ccsc2)C1c1ccccc1. The summed E-state index contributed by atoms with van der Waals surface area (Å²) in [6.07, 6.45) is 9.21. The zero-order valence-corrected chi connectivity index (χ0v) is 16.8. The van der Waals surface area contributed by atoms with E-state index in [0.717, 1.165) is 34.6 Å². The average molecular weight is 394 g/mol. The van der Waals surface area contributed by atoms with Gasteiger partial charge in [0.1, 0.15) is 0 Å². The molecule has 0 saturated heterocycles. The Morgan fingerprint density at radius 2 is 1.48 bits per heavy atom.